The Balaban J connectivity index is 1.83. The van der Waals surface area contributed by atoms with Crippen molar-refractivity contribution in [2.75, 3.05) is 13.1 Å². The summed E-state index contributed by atoms with van der Waals surface area (Å²) in [6.45, 7) is 2.39. The van der Waals surface area contributed by atoms with Crippen LogP contribution in [0.3, 0.4) is 0 Å². The average Bonchev–Trinajstić information content (AvgIpc) is 2.97. The number of halogens is 1. The fourth-order valence-electron chi connectivity index (χ4n) is 2.78. The number of carbonyl (C=O) groups is 3. The van der Waals surface area contributed by atoms with Crippen LogP contribution in [0.1, 0.15) is 22.3 Å². The van der Waals surface area contributed by atoms with Crippen molar-refractivity contribution in [2.45, 2.75) is 18.9 Å². The van der Waals surface area contributed by atoms with Crippen molar-refractivity contribution < 1.29 is 14.4 Å². The maximum atomic E-state index is 12.5. The molecule has 2 saturated heterocycles. The smallest absolute Gasteiger partial charge is 0.322 e. The Bertz CT molecular complexity index is 661. The van der Waals surface area contributed by atoms with E-state index in [4.69, 9.17) is 11.6 Å². The summed E-state index contributed by atoms with van der Waals surface area (Å²) >= 11 is 6.17. The van der Waals surface area contributed by atoms with Gasteiger partial charge in [0.25, 0.3) is 11.8 Å². The Kier molecular flexibility index (Phi) is 3.13. The number of hydrogen-bond acceptors (Lipinski definition) is 3. The molecule has 1 aromatic carbocycles. The summed E-state index contributed by atoms with van der Waals surface area (Å²) in [7, 11) is 0. The van der Waals surface area contributed by atoms with Gasteiger partial charge in [-0.05, 0) is 25.0 Å². The van der Waals surface area contributed by atoms with Gasteiger partial charge in [-0.15, -0.1) is 0 Å². The third-order valence-corrected chi connectivity index (χ3v) is 4.49. The molecule has 4 amide bonds. The van der Waals surface area contributed by atoms with Crippen molar-refractivity contribution in [3.05, 3.63) is 34.3 Å². The largest absolute Gasteiger partial charge is 0.336 e. The number of benzene rings is 1. The van der Waals surface area contributed by atoms with E-state index in [1.165, 1.54) is 0 Å². The quantitative estimate of drug-likeness (QED) is 0.762. The molecule has 2 heterocycles. The van der Waals surface area contributed by atoms with Gasteiger partial charge in [0.15, 0.2) is 0 Å². The molecule has 2 N–H and O–H groups in total. The highest BCUT2D eigenvalue weighted by Gasteiger charge is 2.51. The van der Waals surface area contributed by atoms with Crippen LogP contribution in [0.2, 0.25) is 5.02 Å². The molecule has 7 heteroatoms. The Morgan fingerprint density at radius 2 is 2.14 bits per heavy atom. The number of nitrogens with zero attached hydrogens (tertiary/aromatic N) is 1. The second-order valence-electron chi connectivity index (χ2n) is 5.40. The molecule has 2 aliphatic heterocycles. The fraction of sp³-hybridized carbons (Fsp3) is 0.357. The molecule has 0 saturated carbocycles. The number of aryl methyl sites for hydroxylation is 1. The maximum Gasteiger partial charge on any atom is 0.322 e. The van der Waals surface area contributed by atoms with Crippen LogP contribution < -0.4 is 10.6 Å². The molecule has 0 bridgehead atoms. The van der Waals surface area contributed by atoms with Gasteiger partial charge in [-0.3, -0.25) is 14.9 Å². The molecule has 1 spiro atoms. The lowest BCUT2D eigenvalue weighted by atomic mass is 9.99. The van der Waals surface area contributed by atoms with E-state index in [1.807, 2.05) is 13.0 Å². The minimum Gasteiger partial charge on any atom is -0.336 e. The Morgan fingerprint density at radius 1 is 1.38 bits per heavy atom. The summed E-state index contributed by atoms with van der Waals surface area (Å²) in [5.74, 6) is -0.604. The van der Waals surface area contributed by atoms with E-state index in [9.17, 15) is 14.4 Å². The van der Waals surface area contributed by atoms with E-state index in [0.29, 0.717) is 23.6 Å². The van der Waals surface area contributed by atoms with Crippen LogP contribution in [-0.4, -0.2) is 41.4 Å². The van der Waals surface area contributed by atoms with E-state index < -0.39 is 11.6 Å². The SMILES string of the molecule is Cc1cccc(C(=O)N2CCC3(C2)NC(=O)NC3=O)c1Cl. The van der Waals surface area contributed by atoms with Crippen molar-refractivity contribution >= 4 is 29.4 Å². The number of amides is 4. The molecule has 0 aliphatic carbocycles. The van der Waals surface area contributed by atoms with E-state index >= 15 is 0 Å². The summed E-state index contributed by atoms with van der Waals surface area (Å²) in [6, 6.07) is 4.75. The first-order valence-electron chi connectivity index (χ1n) is 6.61. The molecule has 2 fully saturated rings. The normalized spacial score (nSPS) is 24.4. The second kappa shape index (κ2) is 4.73. The van der Waals surface area contributed by atoms with Gasteiger partial charge in [0.05, 0.1) is 17.1 Å². The second-order valence-corrected chi connectivity index (χ2v) is 5.78. The Morgan fingerprint density at radius 3 is 2.81 bits per heavy atom. The molecule has 1 unspecified atom stereocenters. The van der Waals surface area contributed by atoms with Gasteiger partial charge in [-0.1, -0.05) is 23.7 Å². The lowest BCUT2D eigenvalue weighted by Gasteiger charge is -2.21. The van der Waals surface area contributed by atoms with Gasteiger partial charge in [0.1, 0.15) is 5.54 Å². The molecule has 1 aromatic rings. The highest BCUT2D eigenvalue weighted by atomic mass is 35.5. The molecule has 2 aliphatic rings. The summed E-state index contributed by atoms with van der Waals surface area (Å²) in [6.07, 6.45) is 0.403. The first kappa shape index (κ1) is 13.9. The zero-order valence-corrected chi connectivity index (χ0v) is 12.2. The van der Waals surface area contributed by atoms with Crippen LogP contribution >= 0.6 is 11.6 Å². The number of carbonyl (C=O) groups excluding carboxylic acids is 3. The van der Waals surface area contributed by atoms with Crippen molar-refractivity contribution in [3.8, 4) is 0 Å². The van der Waals surface area contributed by atoms with Gasteiger partial charge in [-0.2, -0.15) is 0 Å². The van der Waals surface area contributed by atoms with Gasteiger partial charge >= 0.3 is 6.03 Å². The van der Waals surface area contributed by atoms with Crippen LogP contribution in [0, 0.1) is 6.92 Å². The lowest BCUT2D eigenvalue weighted by Crippen LogP contribution is -2.49. The first-order valence-corrected chi connectivity index (χ1v) is 6.99. The average molecular weight is 308 g/mol. The van der Waals surface area contributed by atoms with Gasteiger partial charge < -0.3 is 10.2 Å². The van der Waals surface area contributed by atoms with Crippen LogP contribution in [-0.2, 0) is 4.79 Å². The molecular weight excluding hydrogens is 294 g/mol. The number of hydrogen-bond donors (Lipinski definition) is 2. The fourth-order valence-corrected chi connectivity index (χ4v) is 2.99. The topological polar surface area (TPSA) is 78.5 Å². The molecule has 21 heavy (non-hydrogen) atoms. The summed E-state index contributed by atoms with van der Waals surface area (Å²) in [5, 5.41) is 5.25. The van der Waals surface area contributed by atoms with Gasteiger partial charge in [0.2, 0.25) is 0 Å². The van der Waals surface area contributed by atoms with Crippen molar-refractivity contribution in [1.82, 2.24) is 15.5 Å². The van der Waals surface area contributed by atoms with Crippen LogP contribution in [0.4, 0.5) is 4.79 Å². The highest BCUT2D eigenvalue weighted by Crippen LogP contribution is 2.28. The third-order valence-electron chi connectivity index (χ3n) is 3.99. The van der Waals surface area contributed by atoms with Crippen molar-refractivity contribution in [3.63, 3.8) is 0 Å². The van der Waals surface area contributed by atoms with E-state index in [2.05, 4.69) is 10.6 Å². The van der Waals surface area contributed by atoms with Gasteiger partial charge in [0, 0.05) is 6.54 Å². The predicted molar refractivity (Wildman–Crippen MR) is 76.1 cm³/mol. The lowest BCUT2D eigenvalue weighted by molar-refractivity contribution is -0.123. The van der Waals surface area contributed by atoms with Gasteiger partial charge in [-0.25, -0.2) is 4.79 Å². The van der Waals surface area contributed by atoms with Crippen LogP contribution in [0.5, 0.6) is 0 Å². The minimum absolute atomic E-state index is 0.160. The first-order chi connectivity index (χ1) is 9.93. The molecule has 1 atom stereocenters. The zero-order chi connectivity index (χ0) is 15.2. The molecule has 0 radical (unpaired) electrons. The Hall–Kier alpha value is -2.08. The van der Waals surface area contributed by atoms with Crippen molar-refractivity contribution in [1.29, 1.82) is 0 Å². The molecule has 110 valence electrons. The highest BCUT2D eigenvalue weighted by molar-refractivity contribution is 6.34. The molecule has 3 rings (SSSR count). The summed E-state index contributed by atoms with van der Waals surface area (Å²) < 4.78 is 0. The van der Waals surface area contributed by atoms with Crippen LogP contribution in [0.15, 0.2) is 18.2 Å². The van der Waals surface area contributed by atoms with E-state index in [-0.39, 0.29) is 18.4 Å². The molecule has 6 nitrogen and oxygen atoms in total. The monoisotopic (exact) mass is 307 g/mol. The standard InChI is InChI=1S/C14H14ClN3O3/c1-8-3-2-4-9(10(8)15)11(19)18-6-5-14(7-18)12(20)16-13(21)17-14/h2-4H,5-7H2,1H3,(H2,16,17,20,21). The number of urea groups is 1. The van der Waals surface area contributed by atoms with Crippen molar-refractivity contribution in [2.24, 2.45) is 0 Å². The number of likely N-dealkylation sites (tertiary alicyclic amines) is 1. The summed E-state index contributed by atoms with van der Waals surface area (Å²) in [5.41, 5.74) is 0.241. The minimum atomic E-state index is -0.997. The summed E-state index contributed by atoms with van der Waals surface area (Å²) in [4.78, 5) is 37.3. The number of nitrogens with one attached hydrogen (secondary N) is 2. The predicted octanol–water partition coefficient (Wildman–Crippen LogP) is 1.07. The van der Waals surface area contributed by atoms with E-state index in [0.717, 1.165) is 5.56 Å². The van der Waals surface area contributed by atoms with Crippen LogP contribution in [0.25, 0.3) is 0 Å². The van der Waals surface area contributed by atoms with E-state index in [1.54, 1.807) is 17.0 Å². The number of rotatable bonds is 1. The zero-order valence-electron chi connectivity index (χ0n) is 11.4. The molecular formula is C14H14ClN3O3. The Labute approximate surface area is 126 Å². The third kappa shape index (κ3) is 2.15. The molecule has 0 aromatic heterocycles. The maximum absolute atomic E-state index is 12.5. The number of imide groups is 1.